The average molecular weight is 468 g/mol. The van der Waals surface area contributed by atoms with Crippen molar-refractivity contribution in [2.24, 2.45) is 0 Å². The molecule has 6 nitrogen and oxygen atoms in total. The number of aromatic nitrogens is 3. The molecule has 0 fully saturated rings. The van der Waals surface area contributed by atoms with E-state index in [1.165, 1.54) is 16.8 Å². The number of para-hydroxylation sites is 1. The third-order valence-electron chi connectivity index (χ3n) is 5.16. The number of alkyl halides is 3. The van der Waals surface area contributed by atoms with Gasteiger partial charge in [-0.1, -0.05) is 31.5 Å². The molecule has 0 spiro atoms. The van der Waals surface area contributed by atoms with Crippen LogP contribution in [-0.4, -0.2) is 27.3 Å². The van der Waals surface area contributed by atoms with E-state index in [2.05, 4.69) is 15.4 Å². The van der Waals surface area contributed by atoms with Gasteiger partial charge in [-0.15, -0.1) is 0 Å². The molecule has 1 N–H and O–H groups in total. The zero-order chi connectivity index (χ0) is 24.3. The summed E-state index contributed by atoms with van der Waals surface area (Å²) in [6.45, 7) is 4.27. The number of nitrogens with one attached hydrogen (secondary N) is 1. The molecule has 0 radical (unpaired) electrons. The lowest BCUT2D eigenvalue weighted by Crippen LogP contribution is -2.15. The highest BCUT2D eigenvalue weighted by Crippen LogP contribution is 2.33. The van der Waals surface area contributed by atoms with Crippen molar-refractivity contribution in [2.75, 3.05) is 11.9 Å². The first-order valence-corrected chi connectivity index (χ1v) is 10.8. The fraction of sp³-hybridized carbons (Fsp3) is 0.240. The predicted octanol–water partition coefficient (Wildman–Crippen LogP) is 6.18. The number of rotatable bonds is 7. The number of anilines is 1. The quantitative estimate of drug-likeness (QED) is 0.329. The Morgan fingerprint density at radius 3 is 2.65 bits per heavy atom. The van der Waals surface area contributed by atoms with Crippen molar-refractivity contribution in [3.05, 3.63) is 77.6 Å². The molecule has 1 amide bonds. The summed E-state index contributed by atoms with van der Waals surface area (Å²) in [5, 5.41) is 7.27. The lowest BCUT2D eigenvalue weighted by atomic mass is 10.1. The molecule has 0 unspecified atom stereocenters. The second kappa shape index (κ2) is 9.54. The molecule has 0 aliphatic carbocycles. The van der Waals surface area contributed by atoms with Crippen LogP contribution in [0.3, 0.4) is 0 Å². The van der Waals surface area contributed by atoms with E-state index in [0.717, 1.165) is 30.5 Å². The van der Waals surface area contributed by atoms with Gasteiger partial charge in [0.2, 0.25) is 5.88 Å². The van der Waals surface area contributed by atoms with Crippen LogP contribution in [0.15, 0.2) is 60.9 Å². The zero-order valence-corrected chi connectivity index (χ0v) is 18.7. The van der Waals surface area contributed by atoms with Gasteiger partial charge < -0.3 is 10.1 Å². The van der Waals surface area contributed by atoms with Crippen LogP contribution >= 0.6 is 0 Å². The van der Waals surface area contributed by atoms with Gasteiger partial charge in [-0.2, -0.15) is 18.3 Å². The molecule has 9 heteroatoms. The third kappa shape index (κ3) is 5.19. The summed E-state index contributed by atoms with van der Waals surface area (Å²) in [7, 11) is 0. The first-order chi connectivity index (χ1) is 16.2. The number of unbranched alkanes of at least 4 members (excludes halogenated alkanes) is 1. The molecular weight excluding hydrogens is 445 g/mol. The zero-order valence-electron chi connectivity index (χ0n) is 18.7. The number of hydrogen-bond acceptors (Lipinski definition) is 4. The number of ether oxygens (including phenoxy) is 1. The molecule has 2 aromatic carbocycles. The van der Waals surface area contributed by atoms with E-state index >= 15 is 0 Å². The molecule has 4 rings (SSSR count). The number of amides is 1. The van der Waals surface area contributed by atoms with Crippen LogP contribution in [0.2, 0.25) is 0 Å². The summed E-state index contributed by atoms with van der Waals surface area (Å²) in [6.07, 6.45) is 0.324. The molecular formula is C25H23F3N4O2. The van der Waals surface area contributed by atoms with Crippen molar-refractivity contribution < 1.29 is 22.7 Å². The Bertz CT molecular complexity index is 1330. The largest absolute Gasteiger partial charge is 0.478 e. The van der Waals surface area contributed by atoms with Crippen molar-refractivity contribution in [2.45, 2.75) is 32.9 Å². The highest BCUT2D eigenvalue weighted by Gasteiger charge is 2.31. The van der Waals surface area contributed by atoms with Gasteiger partial charge in [0.05, 0.1) is 35.1 Å². The van der Waals surface area contributed by atoms with E-state index in [-0.39, 0.29) is 22.8 Å². The summed E-state index contributed by atoms with van der Waals surface area (Å²) in [5.74, 6) is -0.282. The molecule has 2 aromatic heterocycles. The number of hydrogen-bond donors (Lipinski definition) is 1. The van der Waals surface area contributed by atoms with Crippen LogP contribution in [0, 0.1) is 6.92 Å². The minimum absolute atomic E-state index is 0.00248. The van der Waals surface area contributed by atoms with E-state index < -0.39 is 17.6 Å². The topological polar surface area (TPSA) is 69.0 Å². The summed E-state index contributed by atoms with van der Waals surface area (Å²) >= 11 is 0. The second-order valence-electron chi connectivity index (χ2n) is 7.91. The van der Waals surface area contributed by atoms with Gasteiger partial charge in [0, 0.05) is 23.3 Å². The van der Waals surface area contributed by atoms with Gasteiger partial charge in [-0.05, 0) is 43.2 Å². The normalized spacial score (nSPS) is 11.6. The molecule has 34 heavy (non-hydrogen) atoms. The van der Waals surface area contributed by atoms with E-state index in [1.807, 2.05) is 6.92 Å². The van der Waals surface area contributed by atoms with Crippen molar-refractivity contribution in [1.82, 2.24) is 14.8 Å². The van der Waals surface area contributed by atoms with E-state index in [4.69, 9.17) is 4.74 Å². The monoisotopic (exact) mass is 468 g/mol. The number of halogens is 3. The Morgan fingerprint density at radius 2 is 1.94 bits per heavy atom. The minimum Gasteiger partial charge on any atom is -0.478 e. The smallest absolute Gasteiger partial charge is 0.416 e. The Morgan fingerprint density at radius 1 is 1.15 bits per heavy atom. The fourth-order valence-electron chi connectivity index (χ4n) is 3.47. The Balaban J connectivity index is 1.72. The first-order valence-electron chi connectivity index (χ1n) is 10.8. The molecule has 0 bridgehead atoms. The van der Waals surface area contributed by atoms with Crippen LogP contribution in [-0.2, 0) is 6.18 Å². The second-order valence-corrected chi connectivity index (χ2v) is 7.91. The molecule has 0 aliphatic rings. The highest BCUT2D eigenvalue weighted by atomic mass is 19.4. The molecule has 0 atom stereocenters. The maximum absolute atomic E-state index is 13.6. The van der Waals surface area contributed by atoms with Crippen LogP contribution < -0.4 is 10.1 Å². The standard InChI is InChI=1S/C25H23F3N4O2/c1-3-4-9-34-23-13-21(20-7-5-6-8-22(20)31-23)24(33)30-18-10-17(25(26,27)28)11-19(12-18)32-15-16(2)14-29-32/h5-8,10-15H,3-4,9H2,1-2H3,(H,30,33). The van der Waals surface area contributed by atoms with Gasteiger partial charge in [0.1, 0.15) is 0 Å². The summed E-state index contributed by atoms with van der Waals surface area (Å²) < 4.78 is 47.7. The molecule has 0 saturated heterocycles. The maximum atomic E-state index is 13.6. The molecule has 0 saturated carbocycles. The van der Waals surface area contributed by atoms with Crippen LogP contribution in [0.1, 0.15) is 41.3 Å². The van der Waals surface area contributed by atoms with Crippen molar-refractivity contribution in [3.8, 4) is 11.6 Å². The number of nitrogens with zero attached hydrogens (tertiary/aromatic N) is 3. The number of carbonyl (C=O) groups is 1. The van der Waals surface area contributed by atoms with Gasteiger partial charge in [0.25, 0.3) is 5.91 Å². The van der Waals surface area contributed by atoms with E-state index in [1.54, 1.807) is 43.6 Å². The number of carbonyl (C=O) groups excluding carboxylic acids is 1. The lowest BCUT2D eigenvalue weighted by molar-refractivity contribution is -0.137. The van der Waals surface area contributed by atoms with Crippen molar-refractivity contribution >= 4 is 22.5 Å². The predicted molar refractivity (Wildman–Crippen MR) is 123 cm³/mol. The number of benzene rings is 2. The number of pyridine rings is 1. The Hall–Kier alpha value is -3.88. The van der Waals surface area contributed by atoms with Crippen LogP contribution in [0.4, 0.5) is 18.9 Å². The lowest BCUT2D eigenvalue weighted by Gasteiger charge is -2.14. The molecule has 0 aliphatic heterocycles. The molecule has 176 valence electrons. The Labute approximate surface area is 194 Å². The third-order valence-corrected chi connectivity index (χ3v) is 5.16. The molecule has 2 heterocycles. The van der Waals surface area contributed by atoms with Gasteiger partial charge >= 0.3 is 6.18 Å². The first kappa shape index (κ1) is 23.3. The minimum atomic E-state index is -4.60. The van der Waals surface area contributed by atoms with Gasteiger partial charge in [-0.25, -0.2) is 9.67 Å². The van der Waals surface area contributed by atoms with Crippen LogP contribution in [0.25, 0.3) is 16.6 Å². The maximum Gasteiger partial charge on any atom is 0.416 e. The van der Waals surface area contributed by atoms with Crippen LogP contribution in [0.5, 0.6) is 5.88 Å². The van der Waals surface area contributed by atoms with Gasteiger partial charge in [0.15, 0.2) is 0 Å². The number of aryl methyl sites for hydroxylation is 1. The summed E-state index contributed by atoms with van der Waals surface area (Å²) in [5.41, 5.74) is 0.890. The summed E-state index contributed by atoms with van der Waals surface area (Å²) in [4.78, 5) is 17.7. The fourth-order valence-corrected chi connectivity index (χ4v) is 3.47. The summed E-state index contributed by atoms with van der Waals surface area (Å²) in [6, 6.07) is 11.9. The van der Waals surface area contributed by atoms with Crippen molar-refractivity contribution in [1.29, 1.82) is 0 Å². The van der Waals surface area contributed by atoms with E-state index in [0.29, 0.717) is 17.5 Å². The number of fused-ring (bicyclic) bond motifs is 1. The highest BCUT2D eigenvalue weighted by molar-refractivity contribution is 6.12. The average Bonchev–Trinajstić information content (AvgIpc) is 3.24. The van der Waals surface area contributed by atoms with Gasteiger partial charge in [-0.3, -0.25) is 4.79 Å². The molecule has 4 aromatic rings. The Kier molecular flexibility index (Phi) is 6.54. The van der Waals surface area contributed by atoms with Crippen molar-refractivity contribution in [3.63, 3.8) is 0 Å². The van der Waals surface area contributed by atoms with E-state index in [9.17, 15) is 18.0 Å². The SMILES string of the molecule is CCCCOc1cc(C(=O)Nc2cc(-n3cc(C)cn3)cc(C(F)(F)F)c2)c2ccccc2n1.